The van der Waals surface area contributed by atoms with Crippen molar-refractivity contribution in [1.29, 1.82) is 0 Å². The molecule has 0 bridgehead atoms. The average molecular weight is 529 g/mol. The predicted molar refractivity (Wildman–Crippen MR) is 156 cm³/mol. The number of rotatable bonds is 9. The molecule has 2 amide bonds. The van der Waals surface area contributed by atoms with E-state index in [0.717, 1.165) is 21.5 Å². The van der Waals surface area contributed by atoms with E-state index in [1.165, 1.54) is 0 Å². The third kappa shape index (κ3) is 6.79. The van der Waals surface area contributed by atoms with Gasteiger partial charge in [-0.25, -0.2) is 9.59 Å². The Morgan fingerprint density at radius 3 is 1.17 bits per heavy atom. The Morgan fingerprint density at radius 1 is 0.611 bits per heavy atom. The Morgan fingerprint density at radius 2 is 0.917 bits per heavy atom. The summed E-state index contributed by atoms with van der Waals surface area (Å²) in [6.45, 7) is 23.5. The van der Waals surface area contributed by atoms with Crippen molar-refractivity contribution in [2.45, 2.75) is 67.0 Å². The molecule has 0 radical (unpaired) electrons. The minimum Gasteiger partial charge on any atom is -0.410 e. The number of nitrogens with zero attached hydrogens (tertiary/aromatic N) is 2. The van der Waals surface area contributed by atoms with Gasteiger partial charge >= 0.3 is 12.2 Å². The van der Waals surface area contributed by atoms with Crippen molar-refractivity contribution < 1.29 is 19.1 Å². The molecule has 0 saturated carbocycles. The first-order valence-corrected chi connectivity index (χ1v) is 20.0. The van der Waals surface area contributed by atoms with Crippen LogP contribution in [-0.2, 0) is 0 Å². The summed E-state index contributed by atoms with van der Waals surface area (Å²) < 4.78 is 12.3. The van der Waals surface area contributed by atoms with Crippen molar-refractivity contribution in [2.75, 3.05) is 26.2 Å². The van der Waals surface area contributed by atoms with Crippen LogP contribution in [0.4, 0.5) is 9.59 Å². The molecular weight excluding hydrogens is 484 g/mol. The van der Waals surface area contributed by atoms with Crippen LogP contribution in [0, 0.1) is 0 Å². The van der Waals surface area contributed by atoms with E-state index in [1.54, 1.807) is 9.80 Å². The number of ether oxygens (including phenoxy) is 2. The molecule has 0 heterocycles. The van der Waals surface area contributed by atoms with Crippen LogP contribution in [0.3, 0.4) is 0 Å². The molecule has 0 atom stereocenters. The first-order valence-electron chi connectivity index (χ1n) is 13.0. The van der Waals surface area contributed by atoms with Gasteiger partial charge in [0.2, 0.25) is 0 Å². The smallest absolute Gasteiger partial charge is 0.410 e. The van der Waals surface area contributed by atoms with Gasteiger partial charge in [0.05, 0.1) is 16.1 Å². The van der Waals surface area contributed by atoms with Crippen LogP contribution in [0.15, 0.2) is 36.4 Å². The highest BCUT2D eigenvalue weighted by Gasteiger charge is 2.31. The summed E-state index contributed by atoms with van der Waals surface area (Å²) in [6, 6.07) is 12.1. The monoisotopic (exact) mass is 528 g/mol. The van der Waals surface area contributed by atoms with Gasteiger partial charge in [0.1, 0.15) is 11.5 Å². The molecule has 0 aliphatic carbocycles. The number of carbonyl (C=O) groups excluding carboxylic acids is 2. The van der Waals surface area contributed by atoms with E-state index in [2.05, 4.69) is 51.4 Å². The lowest BCUT2D eigenvalue weighted by molar-refractivity contribution is 0.156. The molecule has 0 unspecified atom stereocenters. The normalized spacial score (nSPS) is 11.7. The van der Waals surface area contributed by atoms with Crippen molar-refractivity contribution in [2.24, 2.45) is 0 Å². The van der Waals surface area contributed by atoms with Gasteiger partial charge in [-0.3, -0.25) is 0 Å². The molecule has 36 heavy (non-hydrogen) atoms. The Kier molecular flexibility index (Phi) is 9.96. The van der Waals surface area contributed by atoms with Crippen LogP contribution < -0.4 is 19.8 Å². The second-order valence-corrected chi connectivity index (χ2v) is 21.0. The fraction of sp³-hybridized carbons (Fsp3) is 0.500. The Labute approximate surface area is 219 Å². The molecule has 0 aliphatic heterocycles. The zero-order valence-corrected chi connectivity index (χ0v) is 25.8. The SMILES string of the molecule is CCN(CC)C(=O)Oc1c(-c2cccc([Si](C)(C)C)c2OC(=O)N(CC)CC)cccc1[Si](C)(C)C. The van der Waals surface area contributed by atoms with Gasteiger partial charge in [-0.15, -0.1) is 0 Å². The molecule has 0 fully saturated rings. The first-order chi connectivity index (χ1) is 16.8. The van der Waals surface area contributed by atoms with Crippen LogP contribution >= 0.6 is 0 Å². The molecule has 0 spiro atoms. The highest BCUT2D eigenvalue weighted by Crippen LogP contribution is 2.37. The molecule has 0 N–H and O–H groups in total. The number of hydrogen-bond donors (Lipinski definition) is 0. The molecule has 2 aromatic carbocycles. The largest absolute Gasteiger partial charge is 0.415 e. The quantitative estimate of drug-likeness (QED) is 0.368. The predicted octanol–water partition coefficient (Wildman–Crippen LogP) is 6.13. The van der Waals surface area contributed by atoms with E-state index in [9.17, 15) is 9.59 Å². The summed E-state index contributed by atoms with van der Waals surface area (Å²) in [4.78, 5) is 29.6. The first kappa shape index (κ1) is 29.6. The van der Waals surface area contributed by atoms with Crippen molar-refractivity contribution in [3.8, 4) is 22.6 Å². The van der Waals surface area contributed by atoms with Gasteiger partial charge in [-0.1, -0.05) is 75.7 Å². The summed E-state index contributed by atoms with van der Waals surface area (Å²) in [6.07, 6.45) is -0.732. The van der Waals surface area contributed by atoms with Gasteiger partial charge < -0.3 is 19.3 Å². The van der Waals surface area contributed by atoms with Crippen LogP contribution in [0.25, 0.3) is 11.1 Å². The highest BCUT2D eigenvalue weighted by molar-refractivity contribution is 6.90. The van der Waals surface area contributed by atoms with E-state index in [0.29, 0.717) is 37.7 Å². The van der Waals surface area contributed by atoms with Crippen LogP contribution in [0.2, 0.25) is 39.3 Å². The summed E-state index contributed by atoms with van der Waals surface area (Å²) in [5, 5.41) is 2.11. The van der Waals surface area contributed by atoms with Crippen molar-refractivity contribution >= 4 is 38.7 Å². The summed E-state index contributed by atoms with van der Waals surface area (Å²) in [5.74, 6) is 1.14. The zero-order valence-electron chi connectivity index (χ0n) is 23.8. The Bertz CT molecular complexity index is 981. The maximum Gasteiger partial charge on any atom is 0.415 e. The van der Waals surface area contributed by atoms with Crippen LogP contribution in [0.5, 0.6) is 11.5 Å². The highest BCUT2D eigenvalue weighted by atomic mass is 28.3. The van der Waals surface area contributed by atoms with Crippen molar-refractivity contribution in [3.63, 3.8) is 0 Å². The van der Waals surface area contributed by atoms with Gasteiger partial charge in [-0.2, -0.15) is 0 Å². The molecule has 0 aromatic heterocycles. The lowest BCUT2D eigenvalue weighted by Gasteiger charge is -2.28. The number of benzene rings is 2. The lowest BCUT2D eigenvalue weighted by atomic mass is 10.0. The second-order valence-electron chi connectivity index (χ2n) is 10.9. The average Bonchev–Trinajstić information content (AvgIpc) is 2.79. The minimum absolute atomic E-state index is 0.366. The molecule has 8 heteroatoms. The third-order valence-corrected chi connectivity index (χ3v) is 10.4. The lowest BCUT2D eigenvalue weighted by Crippen LogP contribution is -2.42. The van der Waals surface area contributed by atoms with E-state index in [4.69, 9.17) is 9.47 Å². The Hall–Kier alpha value is -2.59. The molecule has 0 aliphatic rings. The third-order valence-electron chi connectivity index (χ3n) is 6.36. The zero-order chi connectivity index (χ0) is 27.3. The second kappa shape index (κ2) is 12.1. The van der Waals surface area contributed by atoms with Gasteiger partial charge in [0, 0.05) is 37.3 Å². The summed E-state index contributed by atoms with van der Waals surface area (Å²) in [5.41, 5.74) is 1.55. The van der Waals surface area contributed by atoms with Crippen molar-refractivity contribution in [3.05, 3.63) is 36.4 Å². The number of hydrogen-bond acceptors (Lipinski definition) is 4. The van der Waals surface area contributed by atoms with Gasteiger partial charge in [0.15, 0.2) is 0 Å². The van der Waals surface area contributed by atoms with E-state index >= 15 is 0 Å². The number of carbonyl (C=O) groups is 2. The van der Waals surface area contributed by atoms with Crippen LogP contribution in [-0.4, -0.2) is 64.3 Å². The van der Waals surface area contributed by atoms with Gasteiger partial charge in [0.25, 0.3) is 0 Å². The molecular formula is C28H44N2O4Si2. The molecule has 6 nitrogen and oxygen atoms in total. The molecule has 198 valence electrons. The van der Waals surface area contributed by atoms with Crippen molar-refractivity contribution in [1.82, 2.24) is 9.80 Å². The standard InChI is InChI=1S/C28H44N2O4Si2/c1-11-29(12-2)27(31)33-25-21(17-15-19-23(25)35(5,6)7)22-18-16-20-24(36(8,9)10)26(22)34-28(32)30(13-3)14-4/h15-20H,11-14H2,1-10H3. The molecule has 2 rings (SSSR count). The molecule has 2 aromatic rings. The minimum atomic E-state index is -1.90. The fourth-order valence-corrected chi connectivity index (χ4v) is 7.09. The summed E-state index contributed by atoms with van der Waals surface area (Å²) >= 11 is 0. The maximum absolute atomic E-state index is 13.1. The van der Waals surface area contributed by atoms with Gasteiger partial charge in [-0.05, 0) is 38.1 Å². The fourth-order valence-electron chi connectivity index (χ4n) is 4.17. The van der Waals surface area contributed by atoms with E-state index < -0.39 is 16.1 Å². The number of para-hydroxylation sites is 2. The maximum atomic E-state index is 13.1. The summed E-state index contributed by atoms with van der Waals surface area (Å²) in [7, 11) is -3.79. The molecule has 0 saturated heterocycles. The number of amides is 2. The van der Waals surface area contributed by atoms with Crippen LogP contribution in [0.1, 0.15) is 27.7 Å². The Balaban J connectivity index is 2.84. The van der Waals surface area contributed by atoms with E-state index in [1.807, 2.05) is 52.0 Å². The topological polar surface area (TPSA) is 59.1 Å². The van der Waals surface area contributed by atoms with E-state index in [-0.39, 0.29) is 12.2 Å².